The van der Waals surface area contributed by atoms with Crippen LogP contribution in [0.3, 0.4) is 0 Å². The van der Waals surface area contributed by atoms with Gasteiger partial charge in [-0.2, -0.15) is 0 Å². The van der Waals surface area contributed by atoms with Crippen molar-refractivity contribution < 1.29 is 4.74 Å². The van der Waals surface area contributed by atoms with Crippen molar-refractivity contribution in [2.75, 3.05) is 0 Å². The third-order valence-corrected chi connectivity index (χ3v) is 6.12. The van der Waals surface area contributed by atoms with E-state index in [0.29, 0.717) is 12.0 Å². The van der Waals surface area contributed by atoms with Crippen molar-refractivity contribution in [3.8, 4) is 5.75 Å². The Balaban J connectivity index is 0.000000396. The summed E-state index contributed by atoms with van der Waals surface area (Å²) in [5.41, 5.74) is 11.2. The van der Waals surface area contributed by atoms with E-state index in [-0.39, 0.29) is 11.5 Å². The Morgan fingerprint density at radius 2 is 1.77 bits per heavy atom. The fourth-order valence-corrected chi connectivity index (χ4v) is 4.14. The van der Waals surface area contributed by atoms with E-state index in [9.17, 15) is 0 Å². The van der Waals surface area contributed by atoms with E-state index in [4.69, 9.17) is 10.5 Å². The van der Waals surface area contributed by atoms with Gasteiger partial charge in [-0.05, 0) is 59.4 Å². The first-order valence-electron chi connectivity index (χ1n) is 11.8. The number of aryl methyl sites for hydroxylation is 1. The van der Waals surface area contributed by atoms with E-state index in [0.717, 1.165) is 25.0 Å². The van der Waals surface area contributed by atoms with Gasteiger partial charge in [-0.15, -0.1) is 0 Å². The number of benzene rings is 2. The Morgan fingerprint density at radius 1 is 1.07 bits per heavy atom. The summed E-state index contributed by atoms with van der Waals surface area (Å²) in [7, 11) is 0. The molecule has 1 aliphatic carbocycles. The van der Waals surface area contributed by atoms with E-state index in [2.05, 4.69) is 90.9 Å². The van der Waals surface area contributed by atoms with Gasteiger partial charge in [-0.25, -0.2) is 0 Å². The summed E-state index contributed by atoms with van der Waals surface area (Å²) in [6, 6.07) is 15.9. The molecule has 1 aliphatic rings. The summed E-state index contributed by atoms with van der Waals surface area (Å²) in [5, 5.41) is 0. The van der Waals surface area contributed by atoms with Crippen LogP contribution in [0.5, 0.6) is 5.75 Å². The molecule has 2 unspecified atom stereocenters. The molecule has 2 N–H and O–H groups in total. The molecule has 166 valence electrons. The molecule has 0 radical (unpaired) electrons. The number of rotatable bonds is 6. The van der Waals surface area contributed by atoms with Crippen LogP contribution in [0.2, 0.25) is 0 Å². The van der Waals surface area contributed by atoms with Gasteiger partial charge in [0.25, 0.3) is 0 Å². The smallest absolute Gasteiger partial charge is 0.127 e. The molecule has 0 heterocycles. The molecule has 0 saturated heterocycles. The Labute approximate surface area is 185 Å². The summed E-state index contributed by atoms with van der Waals surface area (Å²) in [6.45, 7) is 15.6. The molecule has 0 amide bonds. The van der Waals surface area contributed by atoms with Gasteiger partial charge in [0.05, 0.1) is 0 Å². The summed E-state index contributed by atoms with van der Waals surface area (Å²) in [5.74, 6) is 1.56. The molecule has 0 bridgehead atoms. The quantitative estimate of drug-likeness (QED) is 0.540. The van der Waals surface area contributed by atoms with Crippen LogP contribution in [0.4, 0.5) is 0 Å². The third kappa shape index (κ3) is 6.35. The van der Waals surface area contributed by atoms with E-state index in [1.807, 2.05) is 0 Å². The predicted octanol–water partition coefficient (Wildman–Crippen LogP) is 7.38. The highest BCUT2D eigenvalue weighted by atomic mass is 16.5. The second-order valence-corrected chi connectivity index (χ2v) is 9.81. The molecule has 30 heavy (non-hydrogen) atoms. The lowest BCUT2D eigenvalue weighted by molar-refractivity contribution is 0.156. The average Bonchev–Trinajstić information content (AvgIpc) is 3.03. The molecule has 0 aromatic heterocycles. The normalized spacial score (nSPS) is 18.9. The predicted molar refractivity (Wildman–Crippen MR) is 130 cm³/mol. The van der Waals surface area contributed by atoms with Gasteiger partial charge in [0.2, 0.25) is 0 Å². The van der Waals surface area contributed by atoms with Crippen LogP contribution in [0.25, 0.3) is 0 Å². The third-order valence-electron chi connectivity index (χ3n) is 6.12. The second kappa shape index (κ2) is 11.0. The molecule has 3 rings (SSSR count). The van der Waals surface area contributed by atoms with Crippen LogP contribution in [-0.4, -0.2) is 6.04 Å². The SMILES string of the molecule is CCCC(N)CC.CCc1ccc(OC2c3ccccc3C[C@H]2C)c(C(C)(C)C)c1. The van der Waals surface area contributed by atoms with Crippen molar-refractivity contribution in [2.24, 2.45) is 11.7 Å². The summed E-state index contributed by atoms with van der Waals surface area (Å²) in [4.78, 5) is 0. The maximum atomic E-state index is 6.57. The average molecular weight is 410 g/mol. The van der Waals surface area contributed by atoms with E-state index < -0.39 is 0 Å². The van der Waals surface area contributed by atoms with Gasteiger partial charge in [0, 0.05) is 12.0 Å². The fourth-order valence-electron chi connectivity index (χ4n) is 4.14. The number of hydrogen-bond donors (Lipinski definition) is 1. The van der Waals surface area contributed by atoms with Gasteiger partial charge in [0.1, 0.15) is 11.9 Å². The summed E-state index contributed by atoms with van der Waals surface area (Å²) < 4.78 is 6.57. The van der Waals surface area contributed by atoms with Crippen molar-refractivity contribution in [2.45, 2.75) is 98.1 Å². The number of ether oxygens (including phenoxy) is 1. The molecule has 3 atom stereocenters. The van der Waals surface area contributed by atoms with Crippen molar-refractivity contribution in [1.29, 1.82) is 0 Å². The van der Waals surface area contributed by atoms with Crippen LogP contribution in [0.15, 0.2) is 42.5 Å². The molecule has 0 saturated carbocycles. The van der Waals surface area contributed by atoms with E-state index >= 15 is 0 Å². The van der Waals surface area contributed by atoms with Crippen LogP contribution in [-0.2, 0) is 18.3 Å². The molecule has 0 fully saturated rings. The highest BCUT2D eigenvalue weighted by Gasteiger charge is 2.32. The van der Waals surface area contributed by atoms with Crippen LogP contribution in [0, 0.1) is 5.92 Å². The first kappa shape index (κ1) is 24.5. The molecule has 2 heteroatoms. The molecular weight excluding hydrogens is 366 g/mol. The van der Waals surface area contributed by atoms with E-state index in [1.165, 1.54) is 35.1 Å². The number of nitrogens with two attached hydrogens (primary N) is 1. The van der Waals surface area contributed by atoms with Gasteiger partial charge in [0.15, 0.2) is 0 Å². The van der Waals surface area contributed by atoms with Gasteiger partial charge in [-0.1, -0.05) is 91.3 Å². The van der Waals surface area contributed by atoms with Crippen molar-refractivity contribution in [3.05, 3.63) is 64.7 Å². The molecule has 2 aromatic rings. The first-order chi connectivity index (χ1) is 14.2. The zero-order chi connectivity index (χ0) is 22.3. The van der Waals surface area contributed by atoms with Gasteiger partial charge < -0.3 is 10.5 Å². The minimum absolute atomic E-state index is 0.0852. The monoisotopic (exact) mass is 409 g/mol. The lowest BCUT2D eigenvalue weighted by Crippen LogP contribution is -2.17. The van der Waals surface area contributed by atoms with Crippen molar-refractivity contribution >= 4 is 0 Å². The Hall–Kier alpha value is -1.80. The summed E-state index contributed by atoms with van der Waals surface area (Å²) in [6.07, 6.45) is 5.85. The Bertz CT molecular complexity index is 789. The molecule has 0 aliphatic heterocycles. The zero-order valence-electron chi connectivity index (χ0n) is 20.3. The topological polar surface area (TPSA) is 35.2 Å². The molecule has 2 nitrogen and oxygen atoms in total. The molecular formula is C28H43NO. The Morgan fingerprint density at radius 3 is 2.33 bits per heavy atom. The lowest BCUT2D eigenvalue weighted by atomic mass is 9.85. The summed E-state index contributed by atoms with van der Waals surface area (Å²) >= 11 is 0. The van der Waals surface area contributed by atoms with E-state index in [1.54, 1.807) is 0 Å². The van der Waals surface area contributed by atoms with Gasteiger partial charge in [-0.3, -0.25) is 0 Å². The zero-order valence-corrected chi connectivity index (χ0v) is 20.3. The van der Waals surface area contributed by atoms with Crippen molar-refractivity contribution in [3.63, 3.8) is 0 Å². The lowest BCUT2D eigenvalue weighted by Gasteiger charge is -2.27. The maximum absolute atomic E-state index is 6.57. The minimum atomic E-state index is 0.0852. The van der Waals surface area contributed by atoms with Crippen LogP contribution < -0.4 is 10.5 Å². The first-order valence-corrected chi connectivity index (χ1v) is 11.8. The second-order valence-electron chi connectivity index (χ2n) is 9.81. The highest BCUT2D eigenvalue weighted by Crippen LogP contribution is 2.42. The minimum Gasteiger partial charge on any atom is -0.485 e. The Kier molecular flexibility index (Phi) is 8.97. The van der Waals surface area contributed by atoms with Gasteiger partial charge >= 0.3 is 0 Å². The highest BCUT2D eigenvalue weighted by molar-refractivity contribution is 5.43. The van der Waals surface area contributed by atoms with Crippen LogP contribution >= 0.6 is 0 Å². The maximum Gasteiger partial charge on any atom is 0.127 e. The van der Waals surface area contributed by atoms with Crippen LogP contribution in [0.1, 0.15) is 96.1 Å². The standard InChI is InChI=1S/C22H28O.C6H15N/c1-6-16-11-12-20(19(14-16)22(3,4)5)23-21-15(2)13-17-9-7-8-10-18(17)21;1-3-5-6(7)4-2/h7-12,14-15,21H,6,13H2,1-5H3;6H,3-5,7H2,1-2H3/t15-,21?;/m1./s1. The fraction of sp³-hybridized carbons (Fsp3) is 0.571. The molecule has 0 spiro atoms. The number of hydrogen-bond acceptors (Lipinski definition) is 2. The largest absolute Gasteiger partial charge is 0.485 e. The molecule has 2 aromatic carbocycles. The number of fused-ring (bicyclic) bond motifs is 1. The van der Waals surface area contributed by atoms with Crippen molar-refractivity contribution in [1.82, 2.24) is 0 Å².